The van der Waals surface area contributed by atoms with Gasteiger partial charge in [-0.15, -0.1) is 6.58 Å². The molecule has 2 nitrogen and oxygen atoms in total. The lowest BCUT2D eigenvalue weighted by Gasteiger charge is -2.17. The number of nitrogens with zero attached hydrogens (tertiary/aromatic N) is 2. The van der Waals surface area contributed by atoms with Crippen molar-refractivity contribution in [3.8, 4) is 0 Å². The minimum atomic E-state index is 0.322. The molecule has 0 unspecified atom stereocenters. The van der Waals surface area contributed by atoms with Gasteiger partial charge in [-0.25, -0.2) is 0 Å². The van der Waals surface area contributed by atoms with E-state index in [1.807, 2.05) is 24.3 Å². The van der Waals surface area contributed by atoms with Crippen molar-refractivity contribution in [1.82, 2.24) is 5.01 Å². The Balaban J connectivity index is 3.70. The Morgan fingerprint density at radius 1 is 1.70 bits per heavy atom. The van der Waals surface area contributed by atoms with Crippen LogP contribution in [0.4, 0.5) is 0 Å². The van der Waals surface area contributed by atoms with E-state index in [9.17, 15) is 0 Å². The van der Waals surface area contributed by atoms with Crippen molar-refractivity contribution in [3.05, 3.63) is 12.7 Å². The molecule has 0 radical (unpaired) electrons. The van der Waals surface area contributed by atoms with Crippen molar-refractivity contribution < 1.29 is 0 Å². The highest BCUT2D eigenvalue weighted by atomic mass is 15.4. The van der Waals surface area contributed by atoms with E-state index in [0.29, 0.717) is 6.04 Å². The molecule has 0 spiro atoms. The summed E-state index contributed by atoms with van der Waals surface area (Å²) in [6.45, 7) is 7.80. The van der Waals surface area contributed by atoms with Crippen LogP contribution in [-0.4, -0.2) is 24.3 Å². The van der Waals surface area contributed by atoms with Gasteiger partial charge >= 0.3 is 0 Å². The number of likely N-dealkylation sites (N-methyl/N-ethyl adjacent to an activating group) is 1. The summed E-state index contributed by atoms with van der Waals surface area (Å²) >= 11 is 0. The Kier molecular flexibility index (Phi) is 4.63. The molecule has 0 aliphatic carbocycles. The van der Waals surface area contributed by atoms with Crippen molar-refractivity contribution in [3.63, 3.8) is 0 Å². The average molecular weight is 140 g/mol. The third-order valence-electron chi connectivity index (χ3n) is 1.38. The lowest BCUT2D eigenvalue weighted by molar-refractivity contribution is 0.315. The topological polar surface area (TPSA) is 15.6 Å². The molecule has 0 aromatic heterocycles. The van der Waals surface area contributed by atoms with Crippen LogP contribution in [0, 0.1) is 0 Å². The van der Waals surface area contributed by atoms with Crippen molar-refractivity contribution in [2.24, 2.45) is 5.10 Å². The highest BCUT2D eigenvalue weighted by molar-refractivity contribution is 5.56. The van der Waals surface area contributed by atoms with E-state index in [4.69, 9.17) is 0 Å². The molecule has 1 atom stereocenters. The van der Waals surface area contributed by atoms with Crippen LogP contribution < -0.4 is 0 Å². The Bertz CT molecular complexity index is 118. The molecule has 0 rings (SSSR count). The number of hydrogen-bond acceptors (Lipinski definition) is 2. The van der Waals surface area contributed by atoms with Gasteiger partial charge in [0.25, 0.3) is 0 Å². The Morgan fingerprint density at radius 3 is 2.70 bits per heavy atom. The van der Waals surface area contributed by atoms with Gasteiger partial charge in [0.1, 0.15) is 0 Å². The van der Waals surface area contributed by atoms with Gasteiger partial charge in [-0.2, -0.15) is 5.10 Å². The minimum Gasteiger partial charge on any atom is -0.294 e. The second kappa shape index (κ2) is 5.03. The van der Waals surface area contributed by atoms with Crippen LogP contribution in [-0.2, 0) is 0 Å². The maximum atomic E-state index is 4.15. The van der Waals surface area contributed by atoms with Gasteiger partial charge in [-0.1, -0.05) is 13.0 Å². The average Bonchev–Trinajstić information content (AvgIpc) is 1.98. The highest BCUT2D eigenvalue weighted by Crippen LogP contribution is 1.95. The van der Waals surface area contributed by atoms with Crippen LogP contribution in [0.3, 0.4) is 0 Å². The molecule has 0 heterocycles. The molecule has 10 heavy (non-hydrogen) atoms. The van der Waals surface area contributed by atoms with Crippen molar-refractivity contribution >= 4 is 6.21 Å². The van der Waals surface area contributed by atoms with E-state index in [2.05, 4.69) is 25.5 Å². The molecular weight excluding hydrogens is 124 g/mol. The van der Waals surface area contributed by atoms with Crippen LogP contribution in [0.15, 0.2) is 17.8 Å². The molecule has 0 aliphatic heterocycles. The standard InChI is InChI=1S/C8H16N2/c1-5-7-9-10(4)8(3)6-2/h6-8H,2,5H2,1,3-4H3/b9-7-/t8-/m1/s1. The first-order chi connectivity index (χ1) is 4.72. The molecule has 0 amide bonds. The van der Waals surface area contributed by atoms with E-state index in [0.717, 1.165) is 6.42 Å². The summed E-state index contributed by atoms with van der Waals surface area (Å²) in [5, 5.41) is 6.04. The predicted molar refractivity (Wildman–Crippen MR) is 46.2 cm³/mol. The van der Waals surface area contributed by atoms with E-state index >= 15 is 0 Å². The first-order valence-corrected chi connectivity index (χ1v) is 3.60. The minimum absolute atomic E-state index is 0.322. The second-order valence-corrected chi connectivity index (χ2v) is 2.26. The molecule has 0 fully saturated rings. The lowest BCUT2D eigenvalue weighted by atomic mass is 10.3. The highest BCUT2D eigenvalue weighted by Gasteiger charge is 1.97. The van der Waals surface area contributed by atoms with Gasteiger partial charge in [-0.05, 0) is 13.3 Å². The Hall–Kier alpha value is -0.790. The van der Waals surface area contributed by atoms with E-state index in [1.165, 1.54) is 0 Å². The fourth-order valence-corrected chi connectivity index (χ4v) is 0.468. The van der Waals surface area contributed by atoms with Gasteiger partial charge < -0.3 is 0 Å². The van der Waals surface area contributed by atoms with E-state index in [-0.39, 0.29) is 0 Å². The first-order valence-electron chi connectivity index (χ1n) is 3.60. The summed E-state index contributed by atoms with van der Waals surface area (Å²) in [4.78, 5) is 0. The van der Waals surface area contributed by atoms with Crippen LogP contribution in [0.2, 0.25) is 0 Å². The van der Waals surface area contributed by atoms with Crippen molar-refractivity contribution in [2.45, 2.75) is 26.3 Å². The van der Waals surface area contributed by atoms with Crippen LogP contribution in [0.1, 0.15) is 20.3 Å². The molecule has 58 valence electrons. The summed E-state index contributed by atoms with van der Waals surface area (Å²) in [6.07, 6.45) is 4.74. The van der Waals surface area contributed by atoms with Crippen LogP contribution >= 0.6 is 0 Å². The lowest BCUT2D eigenvalue weighted by Crippen LogP contribution is -2.21. The molecule has 0 saturated heterocycles. The van der Waals surface area contributed by atoms with Gasteiger partial charge in [0.15, 0.2) is 0 Å². The van der Waals surface area contributed by atoms with Gasteiger partial charge in [-0.3, -0.25) is 5.01 Å². The zero-order valence-corrected chi connectivity index (χ0v) is 7.04. The smallest absolute Gasteiger partial charge is 0.0616 e. The third kappa shape index (κ3) is 3.28. The molecule has 0 aromatic carbocycles. The molecule has 0 saturated carbocycles. The number of hydrazone groups is 1. The van der Waals surface area contributed by atoms with Gasteiger partial charge in [0.2, 0.25) is 0 Å². The van der Waals surface area contributed by atoms with E-state index in [1.54, 1.807) is 0 Å². The van der Waals surface area contributed by atoms with Gasteiger partial charge in [0, 0.05) is 13.3 Å². The van der Waals surface area contributed by atoms with Gasteiger partial charge in [0.05, 0.1) is 6.04 Å². The molecular formula is C8H16N2. The fourth-order valence-electron chi connectivity index (χ4n) is 0.468. The van der Waals surface area contributed by atoms with Crippen molar-refractivity contribution in [1.29, 1.82) is 0 Å². The molecule has 0 N–H and O–H groups in total. The summed E-state index contributed by atoms with van der Waals surface area (Å²) in [5.74, 6) is 0. The summed E-state index contributed by atoms with van der Waals surface area (Å²) in [6, 6.07) is 0.322. The SMILES string of the molecule is C=C[C@@H](C)N(C)/N=C\CC. The Morgan fingerprint density at radius 2 is 2.30 bits per heavy atom. The first kappa shape index (κ1) is 9.21. The Labute approximate surface area is 63.2 Å². The van der Waals surface area contributed by atoms with E-state index < -0.39 is 0 Å². The molecule has 2 heteroatoms. The maximum Gasteiger partial charge on any atom is 0.0616 e. The quantitative estimate of drug-likeness (QED) is 0.331. The second-order valence-electron chi connectivity index (χ2n) is 2.26. The maximum absolute atomic E-state index is 4.15. The van der Waals surface area contributed by atoms with Crippen LogP contribution in [0.25, 0.3) is 0 Å². The third-order valence-corrected chi connectivity index (χ3v) is 1.38. The monoisotopic (exact) mass is 140 g/mol. The largest absolute Gasteiger partial charge is 0.294 e. The summed E-state index contributed by atoms with van der Waals surface area (Å²) in [7, 11) is 1.94. The molecule has 0 aromatic rings. The zero-order valence-electron chi connectivity index (χ0n) is 7.04. The fraction of sp³-hybridized carbons (Fsp3) is 0.625. The predicted octanol–water partition coefficient (Wildman–Crippen LogP) is 1.89. The molecule has 0 bridgehead atoms. The van der Waals surface area contributed by atoms with Crippen LogP contribution in [0.5, 0.6) is 0 Å². The summed E-state index contributed by atoms with van der Waals surface area (Å²) in [5.41, 5.74) is 0. The normalized spacial score (nSPS) is 13.5. The molecule has 0 aliphatic rings. The number of hydrogen-bond donors (Lipinski definition) is 0. The summed E-state index contributed by atoms with van der Waals surface area (Å²) < 4.78 is 0. The number of rotatable bonds is 4. The zero-order chi connectivity index (χ0) is 7.98. The van der Waals surface area contributed by atoms with Crippen molar-refractivity contribution in [2.75, 3.05) is 7.05 Å².